The van der Waals surface area contributed by atoms with Gasteiger partial charge >= 0.3 is 0 Å². The second-order valence-corrected chi connectivity index (χ2v) is 15.2. The highest BCUT2D eigenvalue weighted by Crippen LogP contribution is 2.14. The normalized spacial score (nSPS) is 14.1. The van der Waals surface area contributed by atoms with E-state index in [9.17, 15) is 20.1 Å². The van der Waals surface area contributed by atoms with Gasteiger partial charge in [0.05, 0.1) is 18.8 Å². The smallest absolute Gasteiger partial charge is 0.249 e. The third-order valence-electron chi connectivity index (χ3n) is 10.1. The van der Waals surface area contributed by atoms with Gasteiger partial charge in [0.15, 0.2) is 0 Å². The summed E-state index contributed by atoms with van der Waals surface area (Å²) in [5.74, 6) is -0.527. The van der Waals surface area contributed by atoms with Crippen molar-refractivity contribution in [1.82, 2.24) is 5.32 Å². The van der Waals surface area contributed by atoms with Crippen molar-refractivity contribution in [2.24, 2.45) is 0 Å². The van der Waals surface area contributed by atoms with Crippen molar-refractivity contribution in [2.45, 2.75) is 231 Å². The molecule has 0 aliphatic heterocycles. The summed E-state index contributed by atoms with van der Waals surface area (Å²) in [7, 11) is 0. The molecule has 5 nitrogen and oxygen atoms in total. The number of unbranched alkanes of at least 4 members (excludes halogenated alkanes) is 24. The Morgan fingerprint density at radius 2 is 0.830 bits per heavy atom. The van der Waals surface area contributed by atoms with Crippen molar-refractivity contribution in [2.75, 3.05) is 6.61 Å². The van der Waals surface area contributed by atoms with Crippen LogP contribution in [0.25, 0.3) is 0 Å². The number of nitrogens with one attached hydrogen (secondary N) is 1. The van der Waals surface area contributed by atoms with Gasteiger partial charge in [-0.15, -0.1) is 0 Å². The number of hydrogen-bond acceptors (Lipinski definition) is 4. The van der Waals surface area contributed by atoms with Crippen LogP contribution in [0.3, 0.4) is 0 Å². The number of rotatable bonds is 40. The van der Waals surface area contributed by atoms with E-state index in [2.05, 4.69) is 67.8 Å². The minimum Gasteiger partial charge on any atom is -0.394 e. The van der Waals surface area contributed by atoms with Gasteiger partial charge in [0.2, 0.25) is 5.91 Å². The topological polar surface area (TPSA) is 89.8 Å². The van der Waals surface area contributed by atoms with E-state index in [1.54, 1.807) is 6.08 Å². The third-order valence-corrected chi connectivity index (χ3v) is 10.1. The maximum atomic E-state index is 12.5. The molecule has 3 unspecified atom stereocenters. The number of amides is 1. The van der Waals surface area contributed by atoms with E-state index in [-0.39, 0.29) is 6.61 Å². The van der Waals surface area contributed by atoms with E-state index >= 15 is 0 Å². The number of carbonyl (C=O) groups excluding carboxylic acids is 1. The van der Waals surface area contributed by atoms with Gasteiger partial charge < -0.3 is 20.6 Å². The molecule has 308 valence electrons. The first-order chi connectivity index (χ1) is 26.1. The second kappa shape index (κ2) is 42.8. The summed E-state index contributed by atoms with van der Waals surface area (Å²) in [6, 6.07) is -0.827. The van der Waals surface area contributed by atoms with Gasteiger partial charge in [-0.2, -0.15) is 0 Å². The fourth-order valence-electron chi connectivity index (χ4n) is 6.48. The van der Waals surface area contributed by atoms with Crippen LogP contribution in [0.15, 0.2) is 60.8 Å². The van der Waals surface area contributed by atoms with Crippen LogP contribution >= 0.6 is 0 Å². The van der Waals surface area contributed by atoms with Gasteiger partial charge in [-0.25, -0.2) is 0 Å². The van der Waals surface area contributed by atoms with Crippen LogP contribution in [0, 0.1) is 0 Å². The zero-order valence-corrected chi connectivity index (χ0v) is 34.9. The van der Waals surface area contributed by atoms with Crippen LogP contribution in [0.2, 0.25) is 0 Å². The highest BCUT2D eigenvalue weighted by molar-refractivity contribution is 5.80. The Morgan fingerprint density at radius 3 is 1.30 bits per heavy atom. The fraction of sp³-hybridized carbons (Fsp3) is 0.771. The highest BCUT2D eigenvalue weighted by Gasteiger charge is 2.22. The van der Waals surface area contributed by atoms with Crippen LogP contribution in [-0.2, 0) is 4.79 Å². The van der Waals surface area contributed by atoms with E-state index in [4.69, 9.17) is 0 Å². The van der Waals surface area contributed by atoms with Crippen LogP contribution in [0.1, 0.15) is 213 Å². The summed E-state index contributed by atoms with van der Waals surface area (Å²) >= 11 is 0. The maximum absolute atomic E-state index is 12.5. The first kappa shape index (κ1) is 51.0. The van der Waals surface area contributed by atoms with E-state index in [0.29, 0.717) is 6.42 Å². The van der Waals surface area contributed by atoms with Crippen molar-refractivity contribution in [3.05, 3.63) is 60.8 Å². The first-order valence-electron chi connectivity index (χ1n) is 22.6. The molecule has 0 aliphatic carbocycles. The lowest BCUT2D eigenvalue weighted by molar-refractivity contribution is -0.131. The Kier molecular flexibility index (Phi) is 41.2. The summed E-state index contributed by atoms with van der Waals surface area (Å²) in [6.07, 6.45) is 56.8. The maximum Gasteiger partial charge on any atom is 0.249 e. The number of hydrogen-bond donors (Lipinski definition) is 4. The molecule has 0 saturated carbocycles. The second-order valence-electron chi connectivity index (χ2n) is 15.2. The molecule has 0 fully saturated rings. The van der Waals surface area contributed by atoms with Gasteiger partial charge in [0.1, 0.15) is 6.10 Å². The summed E-state index contributed by atoms with van der Waals surface area (Å²) in [5, 5.41) is 33.1. The van der Waals surface area contributed by atoms with Gasteiger partial charge in [-0.05, 0) is 77.0 Å². The van der Waals surface area contributed by atoms with Crippen molar-refractivity contribution >= 4 is 5.91 Å². The SMILES string of the molecule is CCCCC/C=C\C/C=C\CCCCCCCCC(O)C(=O)NC(CO)C(O)/C=C/CC/C=C/CC/C=C/CCCCCCCCCCCCCCC. The molecule has 0 saturated heterocycles. The molecule has 5 heteroatoms. The molecule has 0 aromatic carbocycles. The molecule has 3 atom stereocenters. The van der Waals surface area contributed by atoms with E-state index < -0.39 is 24.2 Å². The molecule has 0 rings (SSSR count). The quantitative estimate of drug-likeness (QED) is 0.0372. The number of allylic oxidation sites excluding steroid dienone is 9. The van der Waals surface area contributed by atoms with Gasteiger partial charge in [-0.1, -0.05) is 197 Å². The van der Waals surface area contributed by atoms with E-state index in [1.807, 2.05) is 6.08 Å². The summed E-state index contributed by atoms with van der Waals surface area (Å²) < 4.78 is 0. The standard InChI is InChI=1S/C48H87NO4/c1-3-5-7-9-11-13-15-17-19-21-22-23-24-25-26-27-29-30-32-34-36-38-40-42-46(51)45(44-50)49-48(53)47(52)43-41-39-37-35-33-31-28-20-18-16-14-12-10-8-6-4-2/h12,14,18,20,26-27,32,34,40,42,45-47,50-52H,3-11,13,15-17,19,21-25,28-31,33,35-39,41,43-44H2,1-2H3,(H,49,53)/b14-12-,20-18-,27-26+,34-32+,42-40+. The predicted molar refractivity (Wildman–Crippen MR) is 231 cm³/mol. The summed E-state index contributed by atoms with van der Waals surface area (Å²) in [4.78, 5) is 12.5. The molecule has 1 amide bonds. The molecule has 0 bridgehead atoms. The first-order valence-corrected chi connectivity index (χ1v) is 22.6. The lowest BCUT2D eigenvalue weighted by Gasteiger charge is -2.21. The molecule has 0 heterocycles. The monoisotopic (exact) mass is 742 g/mol. The molecule has 0 aromatic rings. The Balaban J connectivity index is 3.77. The molecule has 0 aliphatic rings. The number of aliphatic hydroxyl groups is 3. The zero-order chi connectivity index (χ0) is 38.7. The van der Waals surface area contributed by atoms with Crippen LogP contribution in [-0.4, -0.2) is 46.1 Å². The largest absolute Gasteiger partial charge is 0.394 e. The molecule has 0 spiro atoms. The minimum atomic E-state index is -1.12. The minimum absolute atomic E-state index is 0.387. The Bertz CT molecular complexity index is 907. The number of aliphatic hydroxyl groups excluding tert-OH is 3. The zero-order valence-electron chi connectivity index (χ0n) is 34.9. The Morgan fingerprint density at radius 1 is 0.472 bits per heavy atom. The van der Waals surface area contributed by atoms with Crippen molar-refractivity contribution in [3.8, 4) is 0 Å². The van der Waals surface area contributed by atoms with E-state index in [1.165, 1.54) is 135 Å². The van der Waals surface area contributed by atoms with Crippen molar-refractivity contribution in [3.63, 3.8) is 0 Å². The molecule has 0 aromatic heterocycles. The van der Waals surface area contributed by atoms with Crippen LogP contribution in [0.4, 0.5) is 0 Å². The lowest BCUT2D eigenvalue weighted by Crippen LogP contribution is -2.48. The highest BCUT2D eigenvalue weighted by atomic mass is 16.3. The van der Waals surface area contributed by atoms with Crippen LogP contribution < -0.4 is 5.32 Å². The Labute approximate surface area is 329 Å². The van der Waals surface area contributed by atoms with Gasteiger partial charge in [0, 0.05) is 0 Å². The van der Waals surface area contributed by atoms with Crippen molar-refractivity contribution in [1.29, 1.82) is 0 Å². The fourth-order valence-corrected chi connectivity index (χ4v) is 6.48. The third kappa shape index (κ3) is 38.1. The summed E-state index contributed by atoms with van der Waals surface area (Å²) in [5.41, 5.74) is 0. The molecular weight excluding hydrogens is 655 g/mol. The van der Waals surface area contributed by atoms with Gasteiger partial charge in [0.25, 0.3) is 0 Å². The average molecular weight is 742 g/mol. The van der Waals surface area contributed by atoms with E-state index in [0.717, 1.165) is 57.8 Å². The average Bonchev–Trinajstić information content (AvgIpc) is 3.16. The van der Waals surface area contributed by atoms with Crippen LogP contribution in [0.5, 0.6) is 0 Å². The number of carbonyl (C=O) groups is 1. The lowest BCUT2D eigenvalue weighted by atomic mass is 10.0. The molecular formula is C48H87NO4. The van der Waals surface area contributed by atoms with Gasteiger partial charge in [-0.3, -0.25) is 4.79 Å². The summed E-state index contributed by atoms with van der Waals surface area (Å²) in [6.45, 7) is 4.13. The molecule has 4 N–H and O–H groups in total. The Hall–Kier alpha value is -1.95. The molecule has 53 heavy (non-hydrogen) atoms. The molecule has 0 radical (unpaired) electrons. The van der Waals surface area contributed by atoms with Crippen molar-refractivity contribution < 1.29 is 20.1 Å². The predicted octanol–water partition coefficient (Wildman–Crippen LogP) is 13.1.